The first-order chi connectivity index (χ1) is 10.9. The summed E-state index contributed by atoms with van der Waals surface area (Å²) in [5.41, 5.74) is 0. The summed E-state index contributed by atoms with van der Waals surface area (Å²) in [6.07, 6.45) is 1.08. The summed E-state index contributed by atoms with van der Waals surface area (Å²) in [6, 6.07) is 5.16. The zero-order valence-corrected chi connectivity index (χ0v) is 13.8. The van der Waals surface area contributed by atoms with Crippen molar-refractivity contribution >= 4 is 15.9 Å². The first-order valence-corrected chi connectivity index (χ1v) is 9.28. The predicted octanol–water partition coefficient (Wildman–Crippen LogP) is 1.42. The standard InChI is InChI=1S/C15H21FN2O4S/c1-18(15(19)17-13-7-10-23(20,21)11-13)8-2-9-22-14-5-3-12(16)4-6-14/h3-6,13H,2,7-11H2,1H3,(H,17,19)/t13-/m0/s1. The molecule has 1 heterocycles. The molecule has 1 saturated heterocycles. The van der Waals surface area contributed by atoms with Crippen LogP contribution in [0, 0.1) is 5.82 Å². The first kappa shape index (κ1) is 17.5. The van der Waals surface area contributed by atoms with Gasteiger partial charge in [0.05, 0.1) is 18.1 Å². The Morgan fingerprint density at radius 1 is 1.39 bits per heavy atom. The number of ether oxygens (including phenoxy) is 1. The third-order valence-corrected chi connectivity index (χ3v) is 5.39. The second-order valence-corrected chi connectivity index (χ2v) is 7.86. The fraction of sp³-hybridized carbons (Fsp3) is 0.533. The number of rotatable bonds is 6. The Balaban J connectivity index is 1.65. The molecule has 8 heteroatoms. The molecule has 0 unspecified atom stereocenters. The molecule has 0 saturated carbocycles. The average Bonchev–Trinajstić information content (AvgIpc) is 2.84. The van der Waals surface area contributed by atoms with Crippen molar-refractivity contribution in [3.8, 4) is 5.75 Å². The minimum Gasteiger partial charge on any atom is -0.494 e. The molecule has 1 aliphatic heterocycles. The van der Waals surface area contributed by atoms with Crippen LogP contribution in [-0.4, -0.2) is 57.1 Å². The molecule has 0 spiro atoms. The fourth-order valence-electron chi connectivity index (χ4n) is 2.32. The van der Waals surface area contributed by atoms with Gasteiger partial charge in [-0.2, -0.15) is 0 Å². The van der Waals surface area contributed by atoms with Crippen LogP contribution in [0.1, 0.15) is 12.8 Å². The van der Waals surface area contributed by atoms with Crippen molar-refractivity contribution in [1.29, 1.82) is 0 Å². The van der Waals surface area contributed by atoms with Gasteiger partial charge in [-0.15, -0.1) is 0 Å². The summed E-state index contributed by atoms with van der Waals surface area (Å²) in [5, 5.41) is 2.72. The van der Waals surface area contributed by atoms with E-state index in [0.717, 1.165) is 0 Å². The number of carbonyl (C=O) groups is 1. The highest BCUT2D eigenvalue weighted by molar-refractivity contribution is 7.91. The molecule has 128 valence electrons. The molecule has 1 aromatic rings. The Kier molecular flexibility index (Phi) is 5.81. The first-order valence-electron chi connectivity index (χ1n) is 7.46. The van der Waals surface area contributed by atoms with Crippen molar-refractivity contribution < 1.29 is 22.3 Å². The summed E-state index contributed by atoms with van der Waals surface area (Å²) in [7, 11) is -1.35. The van der Waals surface area contributed by atoms with E-state index >= 15 is 0 Å². The third kappa shape index (κ3) is 5.70. The van der Waals surface area contributed by atoms with Gasteiger partial charge in [0.2, 0.25) is 0 Å². The zero-order chi connectivity index (χ0) is 16.9. The molecule has 1 atom stereocenters. The molecule has 0 bridgehead atoms. The van der Waals surface area contributed by atoms with E-state index in [2.05, 4.69) is 5.32 Å². The number of benzene rings is 1. The quantitative estimate of drug-likeness (QED) is 0.792. The van der Waals surface area contributed by atoms with Crippen molar-refractivity contribution in [2.75, 3.05) is 31.7 Å². The van der Waals surface area contributed by atoms with Gasteiger partial charge in [0.1, 0.15) is 11.6 Å². The minimum atomic E-state index is -3.00. The Bertz CT molecular complexity index is 633. The summed E-state index contributed by atoms with van der Waals surface area (Å²) in [4.78, 5) is 13.4. The molecule has 1 aliphatic rings. The van der Waals surface area contributed by atoms with Crippen LogP contribution in [0.2, 0.25) is 0 Å². The number of nitrogens with one attached hydrogen (secondary N) is 1. The van der Waals surface area contributed by atoms with Crippen LogP contribution in [0.5, 0.6) is 5.75 Å². The van der Waals surface area contributed by atoms with Crippen LogP contribution in [-0.2, 0) is 9.84 Å². The van der Waals surface area contributed by atoms with E-state index < -0.39 is 9.84 Å². The number of halogens is 1. The van der Waals surface area contributed by atoms with Crippen molar-refractivity contribution in [3.05, 3.63) is 30.1 Å². The van der Waals surface area contributed by atoms with Crippen LogP contribution in [0.4, 0.5) is 9.18 Å². The molecule has 1 fully saturated rings. The van der Waals surface area contributed by atoms with Gasteiger partial charge < -0.3 is 15.0 Å². The highest BCUT2D eigenvalue weighted by Crippen LogP contribution is 2.12. The molecule has 1 N–H and O–H groups in total. The van der Waals surface area contributed by atoms with Crippen molar-refractivity contribution in [3.63, 3.8) is 0 Å². The molecule has 1 aromatic carbocycles. The maximum atomic E-state index is 12.7. The molecule has 23 heavy (non-hydrogen) atoms. The molecule has 2 rings (SSSR count). The van der Waals surface area contributed by atoms with Gasteiger partial charge in [0, 0.05) is 19.6 Å². The topological polar surface area (TPSA) is 75.7 Å². The molecule has 2 amide bonds. The number of sulfone groups is 1. The molecule has 0 aromatic heterocycles. The molecule has 0 aliphatic carbocycles. The predicted molar refractivity (Wildman–Crippen MR) is 84.7 cm³/mol. The largest absolute Gasteiger partial charge is 0.494 e. The van der Waals surface area contributed by atoms with E-state index in [-0.39, 0.29) is 29.4 Å². The lowest BCUT2D eigenvalue weighted by Gasteiger charge is -2.20. The Morgan fingerprint density at radius 3 is 2.70 bits per heavy atom. The van der Waals surface area contributed by atoms with Crippen LogP contribution in [0.15, 0.2) is 24.3 Å². The maximum absolute atomic E-state index is 12.7. The lowest BCUT2D eigenvalue weighted by molar-refractivity contribution is 0.200. The van der Waals surface area contributed by atoms with Crippen molar-refractivity contribution in [2.24, 2.45) is 0 Å². The summed E-state index contributed by atoms with van der Waals surface area (Å²) >= 11 is 0. The second-order valence-electron chi connectivity index (χ2n) is 5.63. The summed E-state index contributed by atoms with van der Waals surface area (Å²) in [5.74, 6) is 0.408. The number of hydrogen-bond acceptors (Lipinski definition) is 4. The van der Waals surface area contributed by atoms with Gasteiger partial charge in [0.25, 0.3) is 0 Å². The van der Waals surface area contributed by atoms with Crippen LogP contribution in [0.25, 0.3) is 0 Å². The summed E-state index contributed by atoms with van der Waals surface area (Å²) < 4.78 is 40.9. The molecular weight excluding hydrogens is 323 g/mol. The number of urea groups is 1. The van der Waals surface area contributed by atoms with Crippen LogP contribution < -0.4 is 10.1 Å². The SMILES string of the molecule is CN(CCCOc1ccc(F)cc1)C(=O)N[C@H]1CCS(=O)(=O)C1. The zero-order valence-electron chi connectivity index (χ0n) is 13.0. The third-order valence-electron chi connectivity index (χ3n) is 3.63. The molecule has 6 nitrogen and oxygen atoms in total. The second kappa shape index (κ2) is 7.63. The number of nitrogens with zero attached hydrogens (tertiary/aromatic N) is 1. The highest BCUT2D eigenvalue weighted by atomic mass is 32.2. The maximum Gasteiger partial charge on any atom is 0.317 e. The van der Waals surface area contributed by atoms with Gasteiger partial charge >= 0.3 is 6.03 Å². The van der Waals surface area contributed by atoms with E-state index in [1.54, 1.807) is 19.2 Å². The molecule has 0 radical (unpaired) electrons. The number of amides is 2. The normalized spacial score (nSPS) is 19.3. The van der Waals surface area contributed by atoms with E-state index in [0.29, 0.717) is 31.7 Å². The smallest absolute Gasteiger partial charge is 0.317 e. The summed E-state index contributed by atoms with van der Waals surface area (Å²) in [6.45, 7) is 0.882. The van der Waals surface area contributed by atoms with E-state index in [1.807, 2.05) is 0 Å². The van der Waals surface area contributed by atoms with E-state index in [4.69, 9.17) is 4.74 Å². The van der Waals surface area contributed by atoms with Gasteiger partial charge in [-0.05, 0) is 37.1 Å². The van der Waals surface area contributed by atoms with Crippen LogP contribution in [0.3, 0.4) is 0 Å². The lowest BCUT2D eigenvalue weighted by Crippen LogP contribution is -2.44. The Hall–Kier alpha value is -1.83. The van der Waals surface area contributed by atoms with Gasteiger partial charge in [-0.25, -0.2) is 17.6 Å². The Morgan fingerprint density at radius 2 is 2.09 bits per heavy atom. The van der Waals surface area contributed by atoms with Crippen molar-refractivity contribution in [2.45, 2.75) is 18.9 Å². The lowest BCUT2D eigenvalue weighted by atomic mass is 10.3. The number of hydrogen-bond donors (Lipinski definition) is 1. The number of carbonyl (C=O) groups excluding carboxylic acids is 1. The fourth-order valence-corrected chi connectivity index (χ4v) is 3.99. The van der Waals surface area contributed by atoms with Gasteiger partial charge in [-0.3, -0.25) is 0 Å². The monoisotopic (exact) mass is 344 g/mol. The van der Waals surface area contributed by atoms with E-state index in [1.165, 1.54) is 17.0 Å². The van der Waals surface area contributed by atoms with Gasteiger partial charge in [-0.1, -0.05) is 0 Å². The van der Waals surface area contributed by atoms with Gasteiger partial charge in [0.15, 0.2) is 9.84 Å². The highest BCUT2D eigenvalue weighted by Gasteiger charge is 2.29. The Labute approximate surface area is 135 Å². The van der Waals surface area contributed by atoms with E-state index in [9.17, 15) is 17.6 Å². The van der Waals surface area contributed by atoms with Crippen LogP contribution >= 0.6 is 0 Å². The molecular formula is C15H21FN2O4S. The van der Waals surface area contributed by atoms with Crippen molar-refractivity contribution in [1.82, 2.24) is 10.2 Å². The average molecular weight is 344 g/mol. The minimum absolute atomic E-state index is 0.0141.